The number of benzene rings is 1. The number of aliphatic hydroxyl groups is 1. The smallest absolute Gasteiger partial charge is 0.221 e. The summed E-state index contributed by atoms with van der Waals surface area (Å²) < 4.78 is 1.91. The molecule has 1 amide bonds. The summed E-state index contributed by atoms with van der Waals surface area (Å²) in [5, 5.41) is 21.6. The third kappa shape index (κ3) is 4.28. The van der Waals surface area contributed by atoms with E-state index in [0.29, 0.717) is 11.7 Å². The van der Waals surface area contributed by atoms with Crippen LogP contribution in [0.1, 0.15) is 43.0 Å². The predicted octanol–water partition coefficient (Wildman–Crippen LogP) is 2.19. The van der Waals surface area contributed by atoms with Gasteiger partial charge in [0.1, 0.15) is 12.4 Å². The molecule has 3 heterocycles. The monoisotopic (exact) mass is 394 g/mol. The van der Waals surface area contributed by atoms with Gasteiger partial charge >= 0.3 is 0 Å². The fraction of sp³-hybridized carbons (Fsp3) is 0.429. The van der Waals surface area contributed by atoms with Gasteiger partial charge < -0.3 is 15.0 Å². The first kappa shape index (κ1) is 19.5. The van der Waals surface area contributed by atoms with Gasteiger partial charge in [0, 0.05) is 44.1 Å². The Labute approximate surface area is 169 Å². The number of aliphatic hydroxyl groups excluding tert-OH is 1. The molecule has 2 N–H and O–H groups in total. The van der Waals surface area contributed by atoms with E-state index < -0.39 is 0 Å². The molecule has 1 atom stereocenters. The van der Waals surface area contributed by atoms with Crippen molar-refractivity contribution in [3.05, 3.63) is 47.7 Å². The van der Waals surface area contributed by atoms with Gasteiger partial charge in [0.05, 0.1) is 11.2 Å². The summed E-state index contributed by atoms with van der Waals surface area (Å²) in [7, 11) is 1.92. The van der Waals surface area contributed by atoms with Crippen LogP contribution in [-0.4, -0.2) is 48.8 Å². The van der Waals surface area contributed by atoms with Crippen LogP contribution in [-0.2, 0) is 25.0 Å². The van der Waals surface area contributed by atoms with E-state index in [9.17, 15) is 9.90 Å². The number of piperidine rings is 1. The average molecular weight is 394 g/mol. The molecule has 152 valence electrons. The second-order valence-electron chi connectivity index (χ2n) is 7.66. The van der Waals surface area contributed by atoms with E-state index in [0.717, 1.165) is 60.6 Å². The fourth-order valence-corrected chi connectivity index (χ4v) is 4.04. The average Bonchev–Trinajstić information content (AvgIpc) is 3.08. The summed E-state index contributed by atoms with van der Waals surface area (Å²) in [4.78, 5) is 18.4. The van der Waals surface area contributed by atoms with E-state index in [-0.39, 0.29) is 12.5 Å². The Morgan fingerprint density at radius 2 is 2.14 bits per heavy atom. The van der Waals surface area contributed by atoms with Crippen LogP contribution in [0.5, 0.6) is 0 Å². The number of hydrogen-bond acceptors (Lipinski definition) is 6. The lowest BCUT2D eigenvalue weighted by molar-refractivity contribution is -0.114. The van der Waals surface area contributed by atoms with E-state index in [2.05, 4.69) is 32.5 Å². The molecule has 3 aromatic rings. The van der Waals surface area contributed by atoms with Crippen molar-refractivity contribution in [1.29, 1.82) is 0 Å². The van der Waals surface area contributed by atoms with Gasteiger partial charge in [-0.15, -0.1) is 10.2 Å². The van der Waals surface area contributed by atoms with Crippen LogP contribution in [0, 0.1) is 0 Å². The molecule has 2 aromatic heterocycles. The number of fused-ring (bicyclic) bond motifs is 1. The van der Waals surface area contributed by atoms with Crippen LogP contribution < -0.4 is 5.32 Å². The van der Waals surface area contributed by atoms with Crippen molar-refractivity contribution in [2.75, 3.05) is 18.4 Å². The van der Waals surface area contributed by atoms with E-state index >= 15 is 0 Å². The molecule has 8 heteroatoms. The second kappa shape index (κ2) is 8.26. The molecule has 0 radical (unpaired) electrons. The third-order valence-corrected chi connectivity index (χ3v) is 5.46. The maximum atomic E-state index is 11.2. The van der Waals surface area contributed by atoms with Crippen LogP contribution in [0.2, 0.25) is 0 Å². The molecular formula is C21H26N6O2. The maximum Gasteiger partial charge on any atom is 0.221 e. The van der Waals surface area contributed by atoms with Crippen molar-refractivity contribution in [2.24, 2.45) is 7.05 Å². The number of anilines is 1. The van der Waals surface area contributed by atoms with Crippen LogP contribution >= 0.6 is 0 Å². The Morgan fingerprint density at radius 3 is 2.90 bits per heavy atom. The van der Waals surface area contributed by atoms with Gasteiger partial charge in [-0.05, 0) is 43.7 Å². The summed E-state index contributed by atoms with van der Waals surface area (Å²) in [5.41, 5.74) is 2.73. The standard InChI is InChI=1S/C21H26N6O2/c1-14(29)22-17-7-8-19-15(10-17)5-6-18(23-19)12-27-9-3-4-16(11-27)21-25-24-20(13-28)26(21)2/h5-8,10,16,28H,3-4,9,11-13H2,1-2H3,(H,22,29). The first-order valence-corrected chi connectivity index (χ1v) is 9.92. The van der Waals surface area contributed by atoms with Crippen molar-refractivity contribution < 1.29 is 9.90 Å². The molecule has 1 aliphatic heterocycles. The van der Waals surface area contributed by atoms with Gasteiger partial charge in [-0.25, -0.2) is 0 Å². The van der Waals surface area contributed by atoms with Crippen LogP contribution in [0.3, 0.4) is 0 Å². The Bertz CT molecular complexity index is 1030. The minimum atomic E-state index is -0.0927. The van der Waals surface area contributed by atoms with E-state index in [1.807, 2.05) is 29.8 Å². The molecule has 4 rings (SSSR count). The first-order valence-electron chi connectivity index (χ1n) is 9.92. The Balaban J connectivity index is 1.47. The fourth-order valence-electron chi connectivity index (χ4n) is 4.04. The number of nitrogens with one attached hydrogen (secondary N) is 1. The van der Waals surface area contributed by atoms with E-state index in [1.54, 1.807) is 0 Å². The van der Waals surface area contributed by atoms with Gasteiger partial charge in [-0.2, -0.15) is 0 Å². The molecule has 1 unspecified atom stereocenters. The number of nitrogens with zero attached hydrogens (tertiary/aromatic N) is 5. The maximum absolute atomic E-state index is 11.2. The minimum Gasteiger partial charge on any atom is -0.388 e. The summed E-state index contributed by atoms with van der Waals surface area (Å²) in [6.07, 6.45) is 2.17. The first-order chi connectivity index (χ1) is 14.0. The largest absolute Gasteiger partial charge is 0.388 e. The lowest BCUT2D eigenvalue weighted by Crippen LogP contribution is -2.35. The highest BCUT2D eigenvalue weighted by molar-refractivity contribution is 5.92. The zero-order chi connectivity index (χ0) is 20.4. The minimum absolute atomic E-state index is 0.0809. The van der Waals surface area contributed by atoms with Gasteiger partial charge in [0.2, 0.25) is 5.91 Å². The number of likely N-dealkylation sites (tertiary alicyclic amines) is 1. The summed E-state index contributed by atoms with van der Waals surface area (Å²) in [6.45, 7) is 4.12. The van der Waals surface area contributed by atoms with Crippen molar-refractivity contribution in [2.45, 2.75) is 38.8 Å². The second-order valence-corrected chi connectivity index (χ2v) is 7.66. The molecule has 1 fully saturated rings. The molecule has 8 nitrogen and oxygen atoms in total. The molecule has 1 saturated heterocycles. The Morgan fingerprint density at radius 1 is 1.28 bits per heavy atom. The predicted molar refractivity (Wildman–Crippen MR) is 110 cm³/mol. The van der Waals surface area contributed by atoms with Crippen molar-refractivity contribution >= 4 is 22.5 Å². The Hall–Kier alpha value is -2.84. The normalized spacial score (nSPS) is 17.6. The molecular weight excluding hydrogens is 368 g/mol. The van der Waals surface area contributed by atoms with E-state index in [4.69, 9.17) is 4.98 Å². The van der Waals surface area contributed by atoms with Gasteiger partial charge in [-0.1, -0.05) is 6.07 Å². The topological polar surface area (TPSA) is 96.2 Å². The van der Waals surface area contributed by atoms with Crippen molar-refractivity contribution in [3.8, 4) is 0 Å². The van der Waals surface area contributed by atoms with Crippen molar-refractivity contribution in [3.63, 3.8) is 0 Å². The Kier molecular flexibility index (Phi) is 5.55. The number of hydrogen-bond donors (Lipinski definition) is 2. The number of rotatable bonds is 5. The van der Waals surface area contributed by atoms with Crippen molar-refractivity contribution in [1.82, 2.24) is 24.6 Å². The number of pyridine rings is 1. The molecule has 0 spiro atoms. The summed E-state index contributed by atoms with van der Waals surface area (Å²) in [6, 6.07) is 9.87. The number of amides is 1. The zero-order valence-electron chi connectivity index (χ0n) is 16.8. The van der Waals surface area contributed by atoms with Gasteiger partial charge in [0.15, 0.2) is 5.82 Å². The molecule has 0 saturated carbocycles. The molecule has 1 aliphatic rings. The number of carbonyl (C=O) groups is 1. The molecule has 1 aromatic carbocycles. The third-order valence-electron chi connectivity index (χ3n) is 5.46. The molecule has 29 heavy (non-hydrogen) atoms. The summed E-state index contributed by atoms with van der Waals surface area (Å²) in [5.74, 6) is 1.77. The lowest BCUT2D eigenvalue weighted by Gasteiger charge is -2.32. The highest BCUT2D eigenvalue weighted by Crippen LogP contribution is 2.27. The summed E-state index contributed by atoms with van der Waals surface area (Å²) >= 11 is 0. The number of aromatic nitrogens is 4. The SMILES string of the molecule is CC(=O)Nc1ccc2nc(CN3CCCC(c4nnc(CO)n4C)C3)ccc2c1. The van der Waals surface area contributed by atoms with Gasteiger partial charge in [0.25, 0.3) is 0 Å². The lowest BCUT2D eigenvalue weighted by atomic mass is 9.97. The molecule has 0 aliphatic carbocycles. The quantitative estimate of drug-likeness (QED) is 0.689. The van der Waals surface area contributed by atoms with Gasteiger partial charge in [-0.3, -0.25) is 14.7 Å². The highest BCUT2D eigenvalue weighted by atomic mass is 16.3. The van der Waals surface area contributed by atoms with Crippen LogP contribution in [0.25, 0.3) is 10.9 Å². The van der Waals surface area contributed by atoms with Crippen LogP contribution in [0.4, 0.5) is 5.69 Å². The highest BCUT2D eigenvalue weighted by Gasteiger charge is 2.26. The zero-order valence-corrected chi connectivity index (χ0v) is 16.8. The number of carbonyl (C=O) groups excluding carboxylic acids is 1. The van der Waals surface area contributed by atoms with Crippen LogP contribution in [0.15, 0.2) is 30.3 Å². The molecule has 0 bridgehead atoms. The van der Waals surface area contributed by atoms with E-state index in [1.165, 1.54) is 6.92 Å².